The van der Waals surface area contributed by atoms with Gasteiger partial charge in [0.25, 0.3) is 0 Å². The van der Waals surface area contributed by atoms with Crippen molar-refractivity contribution in [3.8, 4) is 0 Å². The number of rotatable bonds is 4. The lowest BCUT2D eigenvalue weighted by atomic mass is 9.95. The van der Waals surface area contributed by atoms with Gasteiger partial charge >= 0.3 is 0 Å². The van der Waals surface area contributed by atoms with Gasteiger partial charge in [-0.3, -0.25) is 4.79 Å². The minimum Gasteiger partial charge on any atom is -0.372 e. The van der Waals surface area contributed by atoms with Crippen molar-refractivity contribution >= 4 is 33.2 Å². The second-order valence-electron chi connectivity index (χ2n) is 7.76. The number of carbonyl (C=O) groups is 1. The predicted octanol–water partition coefficient (Wildman–Crippen LogP) is 4.73. The third-order valence-corrected chi connectivity index (χ3v) is 5.97. The number of carbonyl (C=O) groups excluding carboxylic acids is 1. The Labute approximate surface area is 169 Å². The second-order valence-corrected chi connectivity index (χ2v) is 8.67. The van der Waals surface area contributed by atoms with Gasteiger partial charge in [-0.15, -0.1) is 0 Å². The maximum atomic E-state index is 12.9. The van der Waals surface area contributed by atoms with Gasteiger partial charge in [-0.2, -0.15) is 0 Å². The van der Waals surface area contributed by atoms with Crippen LogP contribution in [-0.2, 0) is 14.9 Å². The molecule has 1 amide bonds. The number of morpholine rings is 1. The SMILES string of the molecule is CC1CN(c2ccc(NC(=O)C3(c4cccc(Br)c4)CC3)cc2)CC(C)O1. The normalized spacial score (nSPS) is 23.7. The lowest BCUT2D eigenvalue weighted by molar-refractivity contribution is -0.118. The summed E-state index contributed by atoms with van der Waals surface area (Å²) >= 11 is 3.51. The van der Waals surface area contributed by atoms with Gasteiger partial charge in [-0.05, 0) is 68.7 Å². The van der Waals surface area contributed by atoms with Gasteiger partial charge in [-0.25, -0.2) is 0 Å². The van der Waals surface area contributed by atoms with Crippen molar-refractivity contribution in [3.05, 3.63) is 58.6 Å². The van der Waals surface area contributed by atoms with Crippen LogP contribution in [0.1, 0.15) is 32.3 Å². The highest BCUT2D eigenvalue weighted by molar-refractivity contribution is 9.10. The van der Waals surface area contributed by atoms with Crippen LogP contribution >= 0.6 is 15.9 Å². The van der Waals surface area contributed by atoms with Gasteiger partial charge in [0.05, 0.1) is 17.6 Å². The van der Waals surface area contributed by atoms with Crippen molar-refractivity contribution in [2.24, 2.45) is 0 Å². The molecule has 27 heavy (non-hydrogen) atoms. The standard InChI is InChI=1S/C22H25BrN2O2/c1-15-13-25(14-16(2)27-15)20-8-6-19(7-9-20)24-21(26)22(10-11-22)17-4-3-5-18(23)12-17/h3-9,12,15-16H,10-11,13-14H2,1-2H3,(H,24,26). The van der Waals surface area contributed by atoms with Crippen molar-refractivity contribution in [1.29, 1.82) is 0 Å². The van der Waals surface area contributed by atoms with Crippen molar-refractivity contribution in [2.75, 3.05) is 23.3 Å². The lowest BCUT2D eigenvalue weighted by Crippen LogP contribution is -2.45. The van der Waals surface area contributed by atoms with Crippen LogP contribution in [0.2, 0.25) is 0 Å². The zero-order valence-corrected chi connectivity index (χ0v) is 17.3. The summed E-state index contributed by atoms with van der Waals surface area (Å²) in [4.78, 5) is 15.3. The summed E-state index contributed by atoms with van der Waals surface area (Å²) in [6, 6.07) is 16.2. The minimum atomic E-state index is -0.377. The number of halogens is 1. The monoisotopic (exact) mass is 428 g/mol. The number of anilines is 2. The number of amides is 1. The van der Waals surface area contributed by atoms with Gasteiger partial charge < -0.3 is 15.0 Å². The summed E-state index contributed by atoms with van der Waals surface area (Å²) in [5.74, 6) is 0.0852. The molecule has 142 valence electrons. The molecule has 2 unspecified atom stereocenters. The van der Waals surface area contributed by atoms with Crippen LogP contribution in [0, 0.1) is 0 Å². The summed E-state index contributed by atoms with van der Waals surface area (Å²) in [6.45, 7) is 5.99. The number of benzene rings is 2. The van der Waals surface area contributed by atoms with Crippen molar-refractivity contribution in [1.82, 2.24) is 0 Å². The third kappa shape index (κ3) is 3.90. The van der Waals surface area contributed by atoms with Gasteiger partial charge in [0.2, 0.25) is 5.91 Å². The minimum absolute atomic E-state index is 0.0852. The molecule has 1 aliphatic carbocycles. The molecule has 1 saturated carbocycles. The molecule has 4 nitrogen and oxygen atoms in total. The van der Waals surface area contributed by atoms with Gasteiger partial charge in [0.15, 0.2) is 0 Å². The fourth-order valence-electron chi connectivity index (χ4n) is 3.95. The van der Waals surface area contributed by atoms with Crippen LogP contribution in [0.4, 0.5) is 11.4 Å². The maximum absolute atomic E-state index is 12.9. The molecule has 2 aliphatic rings. The molecule has 0 radical (unpaired) electrons. The zero-order chi connectivity index (χ0) is 19.0. The van der Waals surface area contributed by atoms with E-state index >= 15 is 0 Å². The Morgan fingerprint density at radius 2 is 1.78 bits per heavy atom. The van der Waals surface area contributed by atoms with E-state index in [2.05, 4.69) is 58.2 Å². The average molecular weight is 429 g/mol. The van der Waals surface area contributed by atoms with E-state index in [9.17, 15) is 4.79 Å². The van der Waals surface area contributed by atoms with E-state index in [1.165, 1.54) is 5.69 Å². The number of ether oxygens (including phenoxy) is 1. The smallest absolute Gasteiger partial charge is 0.235 e. The molecular formula is C22H25BrN2O2. The molecule has 1 heterocycles. The summed E-state index contributed by atoms with van der Waals surface area (Å²) in [7, 11) is 0. The van der Waals surface area contributed by atoms with Crippen LogP contribution < -0.4 is 10.2 Å². The van der Waals surface area contributed by atoms with E-state index in [4.69, 9.17) is 4.74 Å². The number of nitrogens with one attached hydrogen (secondary N) is 1. The van der Waals surface area contributed by atoms with Gasteiger partial charge in [-0.1, -0.05) is 28.1 Å². The Morgan fingerprint density at radius 3 is 2.37 bits per heavy atom. The van der Waals surface area contributed by atoms with E-state index in [1.807, 2.05) is 30.3 Å². The zero-order valence-electron chi connectivity index (χ0n) is 15.7. The average Bonchev–Trinajstić information content (AvgIpc) is 3.43. The summed E-state index contributed by atoms with van der Waals surface area (Å²) in [6.07, 6.45) is 2.26. The molecule has 4 rings (SSSR count). The highest BCUT2D eigenvalue weighted by Crippen LogP contribution is 2.49. The second kappa shape index (κ2) is 7.28. The Hall–Kier alpha value is -1.85. The molecular weight excluding hydrogens is 404 g/mol. The Bertz CT molecular complexity index is 822. The fraction of sp³-hybridized carbons (Fsp3) is 0.409. The molecule has 0 aromatic heterocycles. The molecule has 1 saturated heterocycles. The third-order valence-electron chi connectivity index (χ3n) is 5.47. The fourth-order valence-corrected chi connectivity index (χ4v) is 4.35. The lowest BCUT2D eigenvalue weighted by Gasteiger charge is -2.36. The first kappa shape index (κ1) is 18.5. The Kier molecular flexibility index (Phi) is 4.99. The van der Waals surface area contributed by atoms with Crippen LogP contribution in [-0.4, -0.2) is 31.2 Å². The predicted molar refractivity (Wildman–Crippen MR) is 112 cm³/mol. The van der Waals surface area contributed by atoms with E-state index in [-0.39, 0.29) is 23.5 Å². The molecule has 2 fully saturated rings. The number of hydrogen-bond acceptors (Lipinski definition) is 3. The first-order valence-corrected chi connectivity index (χ1v) is 10.3. The quantitative estimate of drug-likeness (QED) is 0.764. The van der Waals surface area contributed by atoms with E-state index in [0.717, 1.165) is 41.7 Å². The summed E-state index contributed by atoms with van der Waals surface area (Å²) in [5.41, 5.74) is 2.72. The molecule has 1 N–H and O–H groups in total. The van der Waals surface area contributed by atoms with Gasteiger partial charge in [0.1, 0.15) is 0 Å². The number of hydrogen-bond donors (Lipinski definition) is 1. The van der Waals surface area contributed by atoms with Crippen LogP contribution in [0.3, 0.4) is 0 Å². The van der Waals surface area contributed by atoms with Crippen molar-refractivity contribution < 1.29 is 9.53 Å². The molecule has 2 aromatic carbocycles. The summed E-state index contributed by atoms with van der Waals surface area (Å²) in [5, 5.41) is 3.11. The molecule has 2 atom stereocenters. The van der Waals surface area contributed by atoms with E-state index < -0.39 is 0 Å². The Balaban J connectivity index is 1.45. The van der Waals surface area contributed by atoms with Crippen molar-refractivity contribution in [3.63, 3.8) is 0 Å². The Morgan fingerprint density at radius 1 is 1.11 bits per heavy atom. The first-order chi connectivity index (χ1) is 13.0. The number of nitrogens with zero attached hydrogens (tertiary/aromatic N) is 1. The topological polar surface area (TPSA) is 41.6 Å². The summed E-state index contributed by atoms with van der Waals surface area (Å²) < 4.78 is 6.82. The van der Waals surface area contributed by atoms with Crippen molar-refractivity contribution in [2.45, 2.75) is 44.3 Å². The highest BCUT2D eigenvalue weighted by Gasteiger charge is 2.51. The van der Waals surface area contributed by atoms with Gasteiger partial charge in [0, 0.05) is 28.9 Å². The van der Waals surface area contributed by atoms with E-state index in [1.54, 1.807) is 0 Å². The largest absolute Gasteiger partial charge is 0.372 e. The highest BCUT2D eigenvalue weighted by atomic mass is 79.9. The molecule has 5 heteroatoms. The van der Waals surface area contributed by atoms with Crippen LogP contribution in [0.25, 0.3) is 0 Å². The van der Waals surface area contributed by atoms with Crippen LogP contribution in [0.15, 0.2) is 53.0 Å². The maximum Gasteiger partial charge on any atom is 0.235 e. The molecule has 1 aliphatic heterocycles. The van der Waals surface area contributed by atoms with E-state index in [0.29, 0.717) is 0 Å². The van der Waals surface area contributed by atoms with Crippen LogP contribution in [0.5, 0.6) is 0 Å². The molecule has 2 aromatic rings. The first-order valence-electron chi connectivity index (χ1n) is 9.54. The molecule has 0 bridgehead atoms. The molecule has 0 spiro atoms.